The SMILES string of the molecule is COc1cccc(C(=O)N/N=C/c2c(OC(=O)c3cccc(C)c3)ccc3ccccc23)c1. The van der Waals surface area contributed by atoms with Crippen LogP contribution in [0.5, 0.6) is 11.5 Å². The van der Waals surface area contributed by atoms with Gasteiger partial charge in [-0.1, -0.05) is 54.1 Å². The zero-order chi connectivity index (χ0) is 23.2. The second kappa shape index (κ2) is 9.78. The smallest absolute Gasteiger partial charge is 0.343 e. The largest absolute Gasteiger partial charge is 0.497 e. The zero-order valence-corrected chi connectivity index (χ0v) is 18.2. The predicted molar refractivity (Wildman–Crippen MR) is 128 cm³/mol. The molecule has 0 aliphatic rings. The van der Waals surface area contributed by atoms with Crippen LogP contribution in [0.25, 0.3) is 10.8 Å². The molecular weight excluding hydrogens is 416 g/mol. The molecule has 164 valence electrons. The molecular formula is C27H22N2O4. The Morgan fingerprint density at radius 1 is 0.879 bits per heavy atom. The number of fused-ring (bicyclic) bond motifs is 1. The number of rotatable bonds is 6. The fourth-order valence-corrected chi connectivity index (χ4v) is 3.41. The number of hydrazone groups is 1. The Labute approximate surface area is 191 Å². The van der Waals surface area contributed by atoms with Crippen molar-refractivity contribution in [3.63, 3.8) is 0 Å². The predicted octanol–water partition coefficient (Wildman–Crippen LogP) is 5.14. The molecule has 4 aromatic carbocycles. The quantitative estimate of drug-likeness (QED) is 0.196. The third-order valence-electron chi connectivity index (χ3n) is 5.08. The van der Waals surface area contributed by atoms with Crippen LogP contribution < -0.4 is 14.9 Å². The molecule has 0 saturated heterocycles. The number of amides is 1. The first kappa shape index (κ1) is 21.8. The molecule has 4 rings (SSSR count). The molecule has 0 saturated carbocycles. The second-order valence-electron chi connectivity index (χ2n) is 7.39. The van der Waals surface area contributed by atoms with Crippen LogP contribution in [0, 0.1) is 6.92 Å². The monoisotopic (exact) mass is 438 g/mol. The van der Waals surface area contributed by atoms with Gasteiger partial charge in [0.1, 0.15) is 11.5 Å². The van der Waals surface area contributed by atoms with Gasteiger partial charge in [-0.3, -0.25) is 4.79 Å². The Morgan fingerprint density at radius 3 is 2.48 bits per heavy atom. The molecule has 0 fully saturated rings. The molecule has 0 aromatic heterocycles. The van der Waals surface area contributed by atoms with E-state index in [4.69, 9.17) is 9.47 Å². The fourth-order valence-electron chi connectivity index (χ4n) is 3.41. The molecule has 6 heteroatoms. The van der Waals surface area contributed by atoms with E-state index in [1.165, 1.54) is 13.3 Å². The first-order chi connectivity index (χ1) is 16.0. The molecule has 1 N–H and O–H groups in total. The molecule has 0 atom stereocenters. The van der Waals surface area contributed by atoms with Gasteiger partial charge in [0.25, 0.3) is 5.91 Å². The molecule has 0 aliphatic heterocycles. The minimum absolute atomic E-state index is 0.347. The summed E-state index contributed by atoms with van der Waals surface area (Å²) in [6.45, 7) is 1.91. The lowest BCUT2D eigenvalue weighted by Crippen LogP contribution is -2.17. The zero-order valence-electron chi connectivity index (χ0n) is 18.2. The van der Waals surface area contributed by atoms with Gasteiger partial charge in [0, 0.05) is 11.1 Å². The molecule has 0 heterocycles. The van der Waals surface area contributed by atoms with Gasteiger partial charge < -0.3 is 9.47 Å². The third-order valence-corrected chi connectivity index (χ3v) is 5.08. The maximum atomic E-state index is 12.7. The van der Waals surface area contributed by atoms with Crippen molar-refractivity contribution in [1.82, 2.24) is 5.43 Å². The first-order valence-corrected chi connectivity index (χ1v) is 10.3. The van der Waals surface area contributed by atoms with Crippen molar-refractivity contribution >= 4 is 28.9 Å². The highest BCUT2D eigenvalue weighted by Gasteiger charge is 2.14. The minimum Gasteiger partial charge on any atom is -0.497 e. The maximum Gasteiger partial charge on any atom is 0.343 e. The highest BCUT2D eigenvalue weighted by atomic mass is 16.5. The molecule has 0 spiro atoms. The molecule has 4 aromatic rings. The summed E-state index contributed by atoms with van der Waals surface area (Å²) < 4.78 is 10.9. The molecule has 1 amide bonds. The van der Waals surface area contributed by atoms with Gasteiger partial charge in [-0.2, -0.15) is 5.10 Å². The average molecular weight is 438 g/mol. The van der Waals surface area contributed by atoms with Crippen molar-refractivity contribution in [3.8, 4) is 11.5 Å². The van der Waals surface area contributed by atoms with Gasteiger partial charge in [-0.05, 0) is 54.1 Å². The topological polar surface area (TPSA) is 77.0 Å². The highest BCUT2D eigenvalue weighted by molar-refractivity contribution is 6.04. The van der Waals surface area contributed by atoms with Crippen molar-refractivity contribution in [2.75, 3.05) is 7.11 Å². The maximum absolute atomic E-state index is 12.7. The normalized spacial score (nSPS) is 10.8. The molecule has 33 heavy (non-hydrogen) atoms. The molecule has 0 bridgehead atoms. The average Bonchev–Trinajstić information content (AvgIpc) is 2.85. The van der Waals surface area contributed by atoms with Crippen LogP contribution in [0.15, 0.2) is 90.0 Å². The van der Waals surface area contributed by atoms with Gasteiger partial charge in [0.05, 0.1) is 18.9 Å². The lowest BCUT2D eigenvalue weighted by Gasteiger charge is -2.11. The van der Waals surface area contributed by atoms with Crippen LogP contribution in [-0.2, 0) is 0 Å². The standard InChI is InChI=1S/C27H22N2O4/c1-18-7-5-10-21(15-18)27(31)33-25-14-13-19-8-3-4-12-23(19)24(25)17-28-29-26(30)20-9-6-11-22(16-20)32-2/h3-17H,1-2H3,(H,29,30)/b28-17+. The molecule has 0 radical (unpaired) electrons. The summed E-state index contributed by atoms with van der Waals surface area (Å²) in [5.74, 6) is 0.0679. The van der Waals surface area contributed by atoms with Crippen molar-refractivity contribution in [1.29, 1.82) is 0 Å². The summed E-state index contributed by atoms with van der Waals surface area (Å²) in [6.07, 6.45) is 1.49. The Hall–Kier alpha value is -4.45. The number of nitrogens with zero attached hydrogens (tertiary/aromatic N) is 1. The number of carbonyl (C=O) groups is 2. The van der Waals surface area contributed by atoms with E-state index >= 15 is 0 Å². The third kappa shape index (κ3) is 5.07. The van der Waals surface area contributed by atoms with Crippen molar-refractivity contribution < 1.29 is 19.1 Å². The Bertz CT molecular complexity index is 1360. The second-order valence-corrected chi connectivity index (χ2v) is 7.39. The van der Waals surface area contributed by atoms with Crippen LogP contribution in [0.3, 0.4) is 0 Å². The van der Waals surface area contributed by atoms with Gasteiger partial charge >= 0.3 is 5.97 Å². The number of methoxy groups -OCH3 is 1. The molecule has 0 aliphatic carbocycles. The lowest BCUT2D eigenvalue weighted by molar-refractivity contribution is 0.0734. The van der Waals surface area contributed by atoms with Crippen molar-refractivity contribution in [2.24, 2.45) is 5.10 Å². The van der Waals surface area contributed by atoms with Crippen LogP contribution in [0.2, 0.25) is 0 Å². The Morgan fingerprint density at radius 2 is 1.67 bits per heavy atom. The van der Waals surface area contributed by atoms with Gasteiger partial charge in [-0.15, -0.1) is 0 Å². The van der Waals surface area contributed by atoms with Crippen molar-refractivity contribution in [2.45, 2.75) is 6.92 Å². The van der Waals surface area contributed by atoms with E-state index in [-0.39, 0.29) is 5.91 Å². The summed E-state index contributed by atoms with van der Waals surface area (Å²) in [5, 5.41) is 5.91. The van der Waals surface area contributed by atoms with E-state index in [9.17, 15) is 9.59 Å². The van der Waals surface area contributed by atoms with Gasteiger partial charge in [0.15, 0.2) is 0 Å². The molecule has 0 unspecified atom stereocenters. The van der Waals surface area contributed by atoms with Crippen molar-refractivity contribution in [3.05, 3.63) is 107 Å². The van der Waals surface area contributed by atoms with E-state index in [2.05, 4.69) is 10.5 Å². The van der Waals surface area contributed by atoms with E-state index in [0.717, 1.165) is 16.3 Å². The summed E-state index contributed by atoms with van der Waals surface area (Å²) in [5.41, 5.74) is 4.93. The van der Waals surface area contributed by atoms with Crippen LogP contribution in [0.1, 0.15) is 31.8 Å². The van der Waals surface area contributed by atoms with E-state index in [1.54, 1.807) is 42.5 Å². The molecule has 6 nitrogen and oxygen atoms in total. The summed E-state index contributed by atoms with van der Waals surface area (Å²) >= 11 is 0. The van der Waals surface area contributed by atoms with E-state index in [0.29, 0.717) is 28.2 Å². The van der Waals surface area contributed by atoms with E-state index in [1.807, 2.05) is 49.4 Å². The van der Waals surface area contributed by atoms with E-state index < -0.39 is 5.97 Å². The lowest BCUT2D eigenvalue weighted by atomic mass is 10.0. The number of hydrogen-bond donors (Lipinski definition) is 1. The van der Waals surface area contributed by atoms with Crippen LogP contribution >= 0.6 is 0 Å². The number of carbonyl (C=O) groups excluding carboxylic acids is 2. The summed E-state index contributed by atoms with van der Waals surface area (Å²) in [4.78, 5) is 25.2. The Balaban J connectivity index is 1.62. The van der Waals surface area contributed by atoms with Gasteiger partial charge in [-0.25, -0.2) is 10.2 Å². The first-order valence-electron chi connectivity index (χ1n) is 10.3. The fraction of sp³-hybridized carbons (Fsp3) is 0.0741. The van der Waals surface area contributed by atoms with Crippen LogP contribution in [0.4, 0.5) is 0 Å². The summed E-state index contributed by atoms with van der Waals surface area (Å²) in [6, 6.07) is 25.2. The number of benzene rings is 4. The number of esters is 1. The summed E-state index contributed by atoms with van der Waals surface area (Å²) in [7, 11) is 1.54. The number of nitrogens with one attached hydrogen (secondary N) is 1. The number of aryl methyl sites for hydroxylation is 1. The Kier molecular flexibility index (Phi) is 6.45. The van der Waals surface area contributed by atoms with Gasteiger partial charge in [0.2, 0.25) is 0 Å². The van der Waals surface area contributed by atoms with Crippen LogP contribution in [-0.4, -0.2) is 25.2 Å². The number of hydrogen-bond acceptors (Lipinski definition) is 5. The number of ether oxygens (including phenoxy) is 2. The minimum atomic E-state index is -0.468. The highest BCUT2D eigenvalue weighted by Crippen LogP contribution is 2.27.